The number of rotatable bonds is 1. The summed E-state index contributed by atoms with van der Waals surface area (Å²) in [5, 5.41) is 10.7. The van der Waals surface area contributed by atoms with Crippen LogP contribution < -0.4 is 0 Å². The van der Waals surface area contributed by atoms with Gasteiger partial charge in [-0.2, -0.15) is 0 Å². The van der Waals surface area contributed by atoms with Crippen molar-refractivity contribution in [2.45, 2.75) is 4.21 Å². The van der Waals surface area contributed by atoms with Crippen LogP contribution in [0.15, 0.2) is 22.4 Å². The van der Waals surface area contributed by atoms with Crippen molar-refractivity contribution < 1.29 is 5.11 Å². The molecule has 1 nitrogen and oxygen atoms in total. The molecule has 1 aromatic carbocycles. The van der Waals surface area contributed by atoms with Crippen molar-refractivity contribution >= 4 is 55.8 Å². The number of hydrogen-bond donors (Lipinski definition) is 1. The Morgan fingerprint density at radius 3 is 2.85 bits per heavy atom. The van der Waals surface area contributed by atoms with Gasteiger partial charge in [0.05, 0.1) is 4.21 Å². The van der Waals surface area contributed by atoms with Gasteiger partial charge in [0.1, 0.15) is 5.75 Å². The summed E-state index contributed by atoms with van der Waals surface area (Å²) >= 11 is 5.75. The van der Waals surface area contributed by atoms with E-state index >= 15 is 0 Å². The number of thiophene rings is 1. The second-order valence-electron chi connectivity index (χ2n) is 2.56. The molecule has 2 rings (SSSR count). The maximum Gasteiger partial charge on any atom is 0.125 e. The minimum Gasteiger partial charge on any atom is -0.507 e. The smallest absolute Gasteiger partial charge is 0.125 e. The zero-order valence-electron chi connectivity index (χ0n) is 6.87. The van der Waals surface area contributed by atoms with Gasteiger partial charge in [0, 0.05) is 13.7 Å². The van der Waals surface area contributed by atoms with Crippen molar-refractivity contribution in [3.8, 4) is 5.75 Å². The van der Waals surface area contributed by atoms with E-state index < -0.39 is 0 Å². The first kappa shape index (κ1) is 9.61. The highest BCUT2D eigenvalue weighted by atomic mass is 127. The molecule has 0 radical (unpaired) electrons. The van der Waals surface area contributed by atoms with Crippen molar-refractivity contribution in [2.75, 3.05) is 6.26 Å². The Labute approximate surface area is 98.3 Å². The molecular weight excluding hydrogens is 315 g/mol. The lowest BCUT2D eigenvalue weighted by atomic mass is 10.2. The Balaban J connectivity index is 2.85. The molecule has 0 spiro atoms. The van der Waals surface area contributed by atoms with Crippen LogP contribution in [0.1, 0.15) is 0 Å². The normalized spacial score (nSPS) is 10.9. The number of benzene rings is 1. The molecule has 68 valence electrons. The number of halogens is 1. The van der Waals surface area contributed by atoms with Crippen molar-refractivity contribution in [3.63, 3.8) is 0 Å². The van der Waals surface area contributed by atoms with E-state index in [0.717, 1.165) is 10.1 Å². The monoisotopic (exact) mass is 322 g/mol. The first-order valence-electron chi connectivity index (χ1n) is 3.68. The second-order valence-corrected chi connectivity index (χ2v) is 5.76. The standard InChI is InChI=1S/C9H7IOS2/c1-12-9-8(10)7-5(11)3-2-4-6(7)13-9/h2-4,11H,1H3. The maximum absolute atomic E-state index is 9.65. The van der Waals surface area contributed by atoms with Gasteiger partial charge in [-0.15, -0.1) is 23.1 Å². The molecule has 0 aliphatic carbocycles. The predicted molar refractivity (Wildman–Crippen MR) is 68.0 cm³/mol. The van der Waals surface area contributed by atoms with Crippen LogP contribution in [0.3, 0.4) is 0 Å². The molecule has 0 saturated carbocycles. The minimum atomic E-state index is 0.387. The highest BCUT2D eigenvalue weighted by molar-refractivity contribution is 14.1. The fourth-order valence-corrected chi connectivity index (χ4v) is 4.67. The van der Waals surface area contributed by atoms with E-state index in [9.17, 15) is 5.11 Å². The van der Waals surface area contributed by atoms with Crippen molar-refractivity contribution in [1.82, 2.24) is 0 Å². The summed E-state index contributed by atoms with van der Waals surface area (Å²) in [6, 6.07) is 5.66. The summed E-state index contributed by atoms with van der Waals surface area (Å²) in [4.78, 5) is 0. The summed E-state index contributed by atoms with van der Waals surface area (Å²) in [6.45, 7) is 0. The number of thioether (sulfide) groups is 1. The molecule has 0 amide bonds. The summed E-state index contributed by atoms with van der Waals surface area (Å²) in [6.07, 6.45) is 2.06. The number of fused-ring (bicyclic) bond motifs is 1. The van der Waals surface area contributed by atoms with E-state index in [2.05, 4.69) is 28.8 Å². The van der Waals surface area contributed by atoms with Gasteiger partial charge in [-0.1, -0.05) is 6.07 Å². The molecule has 1 N–H and O–H groups in total. The average molecular weight is 322 g/mol. The molecule has 0 atom stereocenters. The van der Waals surface area contributed by atoms with Gasteiger partial charge < -0.3 is 5.11 Å². The molecular formula is C9H7IOS2. The fraction of sp³-hybridized carbons (Fsp3) is 0.111. The molecule has 0 fully saturated rings. The van der Waals surface area contributed by atoms with E-state index in [0.29, 0.717) is 5.75 Å². The van der Waals surface area contributed by atoms with Crippen molar-refractivity contribution in [1.29, 1.82) is 0 Å². The van der Waals surface area contributed by atoms with Gasteiger partial charge in [-0.05, 0) is 41.0 Å². The molecule has 1 heterocycles. The molecule has 0 aliphatic heterocycles. The van der Waals surface area contributed by atoms with E-state index in [1.54, 1.807) is 29.2 Å². The SMILES string of the molecule is CSc1sc2cccc(O)c2c1I. The van der Waals surface area contributed by atoms with Crippen LogP contribution >= 0.6 is 45.7 Å². The van der Waals surface area contributed by atoms with Crippen LogP contribution in [-0.4, -0.2) is 11.4 Å². The topological polar surface area (TPSA) is 20.2 Å². The molecule has 2 aromatic rings. The van der Waals surface area contributed by atoms with E-state index in [1.807, 2.05) is 12.1 Å². The maximum atomic E-state index is 9.65. The van der Waals surface area contributed by atoms with Crippen LogP contribution in [0.5, 0.6) is 5.75 Å². The number of phenolic OH excluding ortho intramolecular Hbond substituents is 1. The number of hydrogen-bond acceptors (Lipinski definition) is 3. The van der Waals surface area contributed by atoms with Crippen LogP contribution in [-0.2, 0) is 0 Å². The van der Waals surface area contributed by atoms with E-state index in [1.165, 1.54) is 7.78 Å². The van der Waals surface area contributed by atoms with Crippen LogP contribution in [0.4, 0.5) is 0 Å². The largest absolute Gasteiger partial charge is 0.507 e. The summed E-state index contributed by atoms with van der Waals surface area (Å²) in [7, 11) is 0. The predicted octanol–water partition coefficient (Wildman–Crippen LogP) is 3.93. The lowest BCUT2D eigenvalue weighted by molar-refractivity contribution is 0.481. The van der Waals surface area contributed by atoms with Gasteiger partial charge in [0.2, 0.25) is 0 Å². The third kappa shape index (κ3) is 1.55. The lowest BCUT2D eigenvalue weighted by Crippen LogP contribution is -1.70. The molecule has 0 bridgehead atoms. The van der Waals surface area contributed by atoms with Crippen LogP contribution in [0.25, 0.3) is 10.1 Å². The van der Waals surface area contributed by atoms with Crippen LogP contribution in [0.2, 0.25) is 0 Å². The van der Waals surface area contributed by atoms with Crippen molar-refractivity contribution in [2.24, 2.45) is 0 Å². The zero-order valence-corrected chi connectivity index (χ0v) is 10.7. The first-order valence-corrected chi connectivity index (χ1v) is 6.80. The third-order valence-corrected chi connectivity index (χ3v) is 5.88. The van der Waals surface area contributed by atoms with Gasteiger partial charge >= 0.3 is 0 Å². The first-order chi connectivity index (χ1) is 6.24. The summed E-state index contributed by atoms with van der Waals surface area (Å²) < 4.78 is 3.61. The highest BCUT2D eigenvalue weighted by Gasteiger charge is 2.11. The Morgan fingerprint density at radius 1 is 1.46 bits per heavy atom. The fourth-order valence-electron chi connectivity index (χ4n) is 1.20. The number of phenols is 1. The highest BCUT2D eigenvalue weighted by Crippen LogP contribution is 2.41. The van der Waals surface area contributed by atoms with Gasteiger partial charge in [-0.25, -0.2) is 0 Å². The lowest BCUT2D eigenvalue weighted by Gasteiger charge is -1.94. The molecule has 13 heavy (non-hydrogen) atoms. The zero-order chi connectivity index (χ0) is 9.42. The van der Waals surface area contributed by atoms with E-state index in [4.69, 9.17) is 0 Å². The molecule has 0 unspecified atom stereocenters. The van der Waals surface area contributed by atoms with Gasteiger partial charge in [0.15, 0.2) is 0 Å². The quantitative estimate of drug-likeness (QED) is 0.634. The van der Waals surface area contributed by atoms with Gasteiger partial charge in [0.25, 0.3) is 0 Å². The summed E-state index contributed by atoms with van der Waals surface area (Å²) in [5.41, 5.74) is 0. The molecule has 0 aliphatic rings. The Hall–Kier alpha value is 0.0600. The molecule has 4 heteroatoms. The minimum absolute atomic E-state index is 0.387. The van der Waals surface area contributed by atoms with Gasteiger partial charge in [-0.3, -0.25) is 0 Å². The number of aromatic hydroxyl groups is 1. The molecule has 0 saturated heterocycles. The Bertz CT molecular complexity index is 450. The molecule has 1 aromatic heterocycles. The average Bonchev–Trinajstić information content (AvgIpc) is 2.44. The Morgan fingerprint density at radius 2 is 2.23 bits per heavy atom. The Kier molecular flexibility index (Phi) is 2.71. The summed E-state index contributed by atoms with van der Waals surface area (Å²) in [5.74, 6) is 0.387. The third-order valence-electron chi connectivity index (χ3n) is 1.79. The van der Waals surface area contributed by atoms with E-state index in [-0.39, 0.29) is 0 Å². The van der Waals surface area contributed by atoms with Crippen molar-refractivity contribution in [3.05, 3.63) is 21.8 Å². The van der Waals surface area contributed by atoms with Crippen LogP contribution in [0, 0.1) is 3.57 Å². The second kappa shape index (κ2) is 3.67.